The summed E-state index contributed by atoms with van der Waals surface area (Å²) in [5.74, 6) is 2.27. The van der Waals surface area contributed by atoms with Crippen LogP contribution in [0.3, 0.4) is 0 Å². The van der Waals surface area contributed by atoms with Crippen molar-refractivity contribution in [3.63, 3.8) is 0 Å². The summed E-state index contributed by atoms with van der Waals surface area (Å²) in [6.07, 6.45) is 11.5. The maximum absolute atomic E-state index is 13.5. The Balaban J connectivity index is 1.54. The molecule has 0 radical (unpaired) electrons. The van der Waals surface area contributed by atoms with Crippen molar-refractivity contribution in [2.45, 2.75) is 90.0 Å². The molecule has 1 atom stereocenters. The van der Waals surface area contributed by atoms with Gasteiger partial charge in [0.15, 0.2) is 5.54 Å². The minimum Gasteiger partial charge on any atom is -0.339 e. The van der Waals surface area contributed by atoms with E-state index in [1.807, 2.05) is 16.7 Å². The Kier molecular flexibility index (Phi) is 5.06. The molecule has 2 aliphatic heterocycles. The summed E-state index contributed by atoms with van der Waals surface area (Å²) in [7, 11) is 0. The van der Waals surface area contributed by atoms with Crippen molar-refractivity contribution in [1.29, 1.82) is 0 Å². The third kappa shape index (κ3) is 3.11. The molecule has 5 nitrogen and oxygen atoms in total. The van der Waals surface area contributed by atoms with Gasteiger partial charge in [0.05, 0.1) is 6.54 Å². The lowest BCUT2D eigenvalue weighted by Crippen LogP contribution is -2.58. The predicted molar refractivity (Wildman–Crippen MR) is 107 cm³/mol. The normalized spacial score (nSPS) is 35.9. The molecular formula is C22H35N3O2. The first-order valence-corrected chi connectivity index (χ1v) is 11.2. The summed E-state index contributed by atoms with van der Waals surface area (Å²) < 4.78 is 0. The average molecular weight is 374 g/mol. The van der Waals surface area contributed by atoms with Crippen molar-refractivity contribution < 1.29 is 9.59 Å². The molecule has 2 amide bonds. The van der Waals surface area contributed by atoms with Crippen LogP contribution >= 0.6 is 0 Å². The summed E-state index contributed by atoms with van der Waals surface area (Å²) in [6, 6.07) is 0. The molecule has 3 aliphatic carbocycles. The van der Waals surface area contributed by atoms with E-state index < -0.39 is 5.54 Å². The van der Waals surface area contributed by atoms with Crippen LogP contribution in [0.4, 0.5) is 0 Å². The van der Waals surface area contributed by atoms with Crippen molar-refractivity contribution in [3.8, 4) is 0 Å². The van der Waals surface area contributed by atoms with Gasteiger partial charge in [-0.2, -0.15) is 0 Å². The molecule has 5 aliphatic rings. The smallest absolute Gasteiger partial charge is 0.257 e. The molecule has 0 aromatic rings. The van der Waals surface area contributed by atoms with Gasteiger partial charge in [0.25, 0.3) is 5.91 Å². The largest absolute Gasteiger partial charge is 0.339 e. The Morgan fingerprint density at radius 3 is 2.48 bits per heavy atom. The molecular weight excluding hydrogens is 338 g/mol. The van der Waals surface area contributed by atoms with Gasteiger partial charge < -0.3 is 4.90 Å². The van der Waals surface area contributed by atoms with E-state index in [2.05, 4.69) is 6.92 Å². The van der Waals surface area contributed by atoms with Crippen LogP contribution in [0.2, 0.25) is 0 Å². The zero-order valence-electron chi connectivity index (χ0n) is 17.1. The number of hydrogen-bond acceptors (Lipinski definition) is 3. The van der Waals surface area contributed by atoms with Crippen molar-refractivity contribution in [3.05, 3.63) is 0 Å². The van der Waals surface area contributed by atoms with E-state index in [1.54, 1.807) is 0 Å². The lowest BCUT2D eigenvalue weighted by atomic mass is 9.60. The van der Waals surface area contributed by atoms with Crippen molar-refractivity contribution >= 4 is 17.6 Å². The Labute approximate surface area is 163 Å². The summed E-state index contributed by atoms with van der Waals surface area (Å²) in [4.78, 5) is 35.7. The first-order valence-electron chi connectivity index (χ1n) is 11.2. The maximum atomic E-state index is 13.5. The van der Waals surface area contributed by atoms with E-state index in [0.29, 0.717) is 19.0 Å². The van der Waals surface area contributed by atoms with E-state index in [4.69, 9.17) is 4.99 Å². The number of nitrogens with zero attached hydrogens (tertiary/aromatic N) is 3. The fourth-order valence-corrected chi connectivity index (χ4v) is 5.96. The van der Waals surface area contributed by atoms with Gasteiger partial charge in [-0.25, -0.2) is 0 Å². The van der Waals surface area contributed by atoms with Crippen LogP contribution in [0.1, 0.15) is 84.5 Å². The van der Waals surface area contributed by atoms with Crippen LogP contribution in [0.25, 0.3) is 0 Å². The Bertz CT molecular complexity index is 622. The molecule has 2 bridgehead atoms. The van der Waals surface area contributed by atoms with Gasteiger partial charge in [-0.1, -0.05) is 13.3 Å². The summed E-state index contributed by atoms with van der Waals surface area (Å²) in [5.41, 5.74) is -0.830. The molecule has 4 fully saturated rings. The van der Waals surface area contributed by atoms with Gasteiger partial charge in [-0.05, 0) is 70.6 Å². The second kappa shape index (κ2) is 7.21. The molecule has 3 saturated carbocycles. The SMILES string of the molecule is CCCCC1=NC2(CCCN(C(=O)C34CCC(CC3)CC4)C2)C(=O)N1CC. The monoisotopic (exact) mass is 373 g/mol. The van der Waals surface area contributed by atoms with Crippen LogP contribution in [-0.2, 0) is 9.59 Å². The number of likely N-dealkylation sites (N-methyl/N-ethyl adjacent to an activating group) is 1. The number of carbonyl (C=O) groups is 2. The second-order valence-electron chi connectivity index (χ2n) is 9.31. The molecule has 5 rings (SSSR count). The zero-order valence-corrected chi connectivity index (χ0v) is 17.1. The van der Waals surface area contributed by atoms with Crippen LogP contribution in [-0.4, -0.2) is 52.6 Å². The molecule has 2 heterocycles. The highest BCUT2D eigenvalue weighted by molar-refractivity contribution is 6.08. The number of amides is 2. The first kappa shape index (κ1) is 18.9. The Morgan fingerprint density at radius 2 is 1.85 bits per heavy atom. The molecule has 1 saturated heterocycles. The van der Waals surface area contributed by atoms with Crippen LogP contribution in [0.15, 0.2) is 4.99 Å². The molecule has 1 spiro atoms. The highest BCUT2D eigenvalue weighted by Gasteiger charge is 2.53. The van der Waals surface area contributed by atoms with Gasteiger partial charge in [0.1, 0.15) is 5.84 Å². The fraction of sp³-hybridized carbons (Fsp3) is 0.864. The molecule has 0 aromatic carbocycles. The molecule has 0 N–H and O–H groups in total. The van der Waals surface area contributed by atoms with E-state index >= 15 is 0 Å². The molecule has 5 heteroatoms. The molecule has 1 unspecified atom stereocenters. The zero-order chi connectivity index (χ0) is 19.1. The number of fused-ring (bicyclic) bond motifs is 3. The van der Waals surface area contributed by atoms with Gasteiger partial charge in [-0.15, -0.1) is 0 Å². The van der Waals surface area contributed by atoms with Crippen LogP contribution in [0, 0.1) is 11.3 Å². The topological polar surface area (TPSA) is 53.0 Å². The third-order valence-electron chi connectivity index (χ3n) is 7.67. The molecule has 0 aromatic heterocycles. The van der Waals surface area contributed by atoms with Gasteiger partial charge in [0, 0.05) is 24.9 Å². The van der Waals surface area contributed by atoms with Gasteiger partial charge >= 0.3 is 0 Å². The Morgan fingerprint density at radius 1 is 1.15 bits per heavy atom. The van der Waals surface area contributed by atoms with Gasteiger partial charge in [0.2, 0.25) is 5.91 Å². The number of rotatable bonds is 5. The van der Waals surface area contributed by atoms with E-state index in [-0.39, 0.29) is 11.3 Å². The Hall–Kier alpha value is -1.39. The number of carbonyl (C=O) groups excluding carboxylic acids is 2. The van der Waals surface area contributed by atoms with Crippen LogP contribution < -0.4 is 0 Å². The van der Waals surface area contributed by atoms with E-state index in [0.717, 1.165) is 69.7 Å². The number of hydrogen-bond donors (Lipinski definition) is 0. The molecule has 27 heavy (non-hydrogen) atoms. The minimum atomic E-state index is -0.699. The lowest BCUT2D eigenvalue weighted by Gasteiger charge is -2.49. The van der Waals surface area contributed by atoms with E-state index in [9.17, 15) is 9.59 Å². The number of unbranched alkanes of at least 4 members (excludes halogenated alkanes) is 1. The fourth-order valence-electron chi connectivity index (χ4n) is 5.96. The summed E-state index contributed by atoms with van der Waals surface area (Å²) in [5, 5.41) is 0. The third-order valence-corrected chi connectivity index (χ3v) is 7.67. The first-order chi connectivity index (χ1) is 13.0. The average Bonchev–Trinajstić information content (AvgIpc) is 2.97. The van der Waals surface area contributed by atoms with Crippen molar-refractivity contribution in [1.82, 2.24) is 9.80 Å². The quantitative estimate of drug-likeness (QED) is 0.737. The highest BCUT2D eigenvalue weighted by atomic mass is 16.2. The van der Waals surface area contributed by atoms with Gasteiger partial charge in [-0.3, -0.25) is 19.5 Å². The standard InChI is InChI=1S/C22H35N3O2/c1-3-5-7-18-23-22(20(27)25(18)4-2)11-6-15-24(16-22)19(26)21-12-8-17(9-13-21)10-14-21/h17H,3-16H2,1-2H3. The van der Waals surface area contributed by atoms with Crippen LogP contribution in [0.5, 0.6) is 0 Å². The number of aliphatic imine (C=N–C) groups is 1. The number of amidine groups is 1. The molecule has 150 valence electrons. The second-order valence-corrected chi connectivity index (χ2v) is 9.31. The van der Waals surface area contributed by atoms with Crippen molar-refractivity contribution in [2.75, 3.05) is 19.6 Å². The maximum Gasteiger partial charge on any atom is 0.257 e. The van der Waals surface area contributed by atoms with E-state index in [1.165, 1.54) is 19.3 Å². The minimum absolute atomic E-state index is 0.131. The summed E-state index contributed by atoms with van der Waals surface area (Å²) >= 11 is 0. The lowest BCUT2D eigenvalue weighted by molar-refractivity contribution is -0.152. The number of piperidine rings is 1. The highest BCUT2D eigenvalue weighted by Crippen LogP contribution is 2.51. The summed E-state index contributed by atoms with van der Waals surface area (Å²) in [6.45, 7) is 6.18. The van der Waals surface area contributed by atoms with Crippen molar-refractivity contribution in [2.24, 2.45) is 16.3 Å². The number of likely N-dealkylation sites (tertiary alicyclic amines) is 1. The predicted octanol–water partition coefficient (Wildman–Crippen LogP) is 3.77.